The molecule has 1 atom stereocenters. The van der Waals surface area contributed by atoms with Gasteiger partial charge in [0.2, 0.25) is 0 Å². The van der Waals surface area contributed by atoms with E-state index in [0.717, 1.165) is 19.3 Å². The van der Waals surface area contributed by atoms with Gasteiger partial charge < -0.3 is 10.4 Å². The van der Waals surface area contributed by atoms with Crippen molar-refractivity contribution >= 4 is 22.0 Å². The summed E-state index contributed by atoms with van der Waals surface area (Å²) in [5.41, 5.74) is 0. The highest BCUT2D eigenvalue weighted by Gasteiger charge is 2.38. The maximum Gasteiger partial charge on any atom is 0.334 e. The summed E-state index contributed by atoms with van der Waals surface area (Å²) >= 11 is 0. The monoisotopic (exact) mass is 435 g/mol. The Kier molecular flexibility index (Phi) is 17.0. The largest absolute Gasteiger partial charge is 0.480 e. The lowest BCUT2D eigenvalue weighted by molar-refractivity contribution is -0.140. The summed E-state index contributed by atoms with van der Waals surface area (Å²) in [4.78, 5) is 22.3. The van der Waals surface area contributed by atoms with Crippen LogP contribution >= 0.6 is 0 Å². The highest BCUT2D eigenvalue weighted by Crippen LogP contribution is 2.13. The molecule has 1 unspecified atom stereocenters. The Morgan fingerprint density at radius 2 is 1.07 bits per heavy atom. The third-order valence-electron chi connectivity index (χ3n) is 5.09. The zero-order valence-electron chi connectivity index (χ0n) is 18.0. The molecule has 0 spiro atoms. The second-order valence-electron chi connectivity index (χ2n) is 7.83. The molecule has 0 aliphatic rings. The van der Waals surface area contributed by atoms with Crippen LogP contribution < -0.4 is 5.32 Å². The number of nitrogens with one attached hydrogen (secondary N) is 1. The average Bonchev–Trinajstić information content (AvgIpc) is 2.62. The van der Waals surface area contributed by atoms with Crippen LogP contribution in [-0.4, -0.2) is 41.7 Å². The molecule has 29 heavy (non-hydrogen) atoms. The first-order valence-corrected chi connectivity index (χ1v) is 12.8. The second-order valence-corrected chi connectivity index (χ2v) is 9.33. The molecular weight excluding hydrogens is 394 g/mol. The zero-order chi connectivity index (χ0) is 22.0. The van der Waals surface area contributed by atoms with Gasteiger partial charge in [-0.3, -0.25) is 14.1 Å². The Morgan fingerprint density at radius 1 is 0.724 bits per heavy atom. The summed E-state index contributed by atoms with van der Waals surface area (Å²) in [5.74, 6) is -3.07. The highest BCUT2D eigenvalue weighted by molar-refractivity contribution is 7.88. The van der Waals surface area contributed by atoms with E-state index in [4.69, 9.17) is 9.66 Å². The lowest BCUT2D eigenvalue weighted by atomic mass is 10.0. The number of carbonyl (C=O) groups is 2. The SMILES string of the molecule is CCCCCCCCCCCCCCCCCCNC(=O)C(C(=O)O)S(=O)(=O)O. The molecule has 8 heteroatoms. The van der Waals surface area contributed by atoms with E-state index in [1.165, 1.54) is 77.0 Å². The zero-order valence-corrected chi connectivity index (χ0v) is 18.9. The van der Waals surface area contributed by atoms with Crippen LogP contribution in [0.15, 0.2) is 0 Å². The van der Waals surface area contributed by atoms with Crippen LogP contribution in [0.5, 0.6) is 0 Å². The molecule has 0 aliphatic heterocycles. The number of carboxylic acid groups (broad SMARTS) is 1. The fourth-order valence-electron chi connectivity index (χ4n) is 3.35. The van der Waals surface area contributed by atoms with E-state index >= 15 is 0 Å². The van der Waals surface area contributed by atoms with Crippen LogP contribution in [0.25, 0.3) is 0 Å². The molecule has 0 aromatic heterocycles. The van der Waals surface area contributed by atoms with Crippen molar-refractivity contribution in [1.29, 1.82) is 0 Å². The predicted molar refractivity (Wildman–Crippen MR) is 116 cm³/mol. The number of amides is 1. The number of carbonyl (C=O) groups excluding carboxylic acids is 1. The van der Waals surface area contributed by atoms with Crippen LogP contribution in [0.3, 0.4) is 0 Å². The Labute approximate surface area is 176 Å². The predicted octanol–water partition coefficient (Wildman–Crippen LogP) is 4.71. The summed E-state index contributed by atoms with van der Waals surface area (Å²) in [7, 11) is -4.95. The lowest BCUT2D eigenvalue weighted by Gasteiger charge is -2.10. The molecule has 0 heterocycles. The summed E-state index contributed by atoms with van der Waals surface area (Å²) in [6, 6.07) is 0. The van der Waals surface area contributed by atoms with Gasteiger partial charge >= 0.3 is 5.97 Å². The maximum atomic E-state index is 11.6. The smallest absolute Gasteiger partial charge is 0.334 e. The third kappa shape index (κ3) is 16.3. The minimum Gasteiger partial charge on any atom is -0.480 e. The molecule has 0 bridgehead atoms. The number of aliphatic carboxylic acids is 1. The lowest BCUT2D eigenvalue weighted by Crippen LogP contribution is -2.45. The molecular formula is C21H41NO6S. The van der Waals surface area contributed by atoms with E-state index in [2.05, 4.69) is 12.2 Å². The van der Waals surface area contributed by atoms with Gasteiger partial charge in [-0.1, -0.05) is 103 Å². The van der Waals surface area contributed by atoms with Crippen LogP contribution in [0.4, 0.5) is 0 Å². The van der Waals surface area contributed by atoms with Crippen molar-refractivity contribution in [2.45, 2.75) is 115 Å². The Hall–Kier alpha value is -1.15. The standard InChI is InChI=1S/C21H41NO6S/c1-2-3-4-5-6-7-8-9-10-11-12-13-14-15-16-17-18-22-20(23)19(21(24)25)29(26,27)28/h19H,2-18H2,1H3,(H,22,23)(H,24,25)(H,26,27,28). The van der Waals surface area contributed by atoms with Crippen molar-refractivity contribution < 1.29 is 27.7 Å². The van der Waals surface area contributed by atoms with Gasteiger partial charge in [-0.2, -0.15) is 8.42 Å². The molecule has 1 amide bonds. The van der Waals surface area contributed by atoms with Gasteiger partial charge in [-0.25, -0.2) is 0 Å². The van der Waals surface area contributed by atoms with Crippen LogP contribution in [-0.2, 0) is 19.7 Å². The van der Waals surface area contributed by atoms with Crippen molar-refractivity contribution in [2.75, 3.05) is 6.54 Å². The minimum absolute atomic E-state index is 0.205. The van der Waals surface area contributed by atoms with Crippen LogP contribution in [0.2, 0.25) is 0 Å². The second kappa shape index (κ2) is 17.7. The van der Waals surface area contributed by atoms with Crippen molar-refractivity contribution in [3.8, 4) is 0 Å². The van der Waals surface area contributed by atoms with Gasteiger partial charge in [-0.05, 0) is 6.42 Å². The molecule has 0 radical (unpaired) electrons. The number of unbranched alkanes of at least 4 members (excludes halogenated alkanes) is 15. The number of hydrogen-bond donors (Lipinski definition) is 3. The van der Waals surface area contributed by atoms with E-state index in [1.54, 1.807) is 0 Å². The first kappa shape index (κ1) is 27.8. The average molecular weight is 436 g/mol. The van der Waals surface area contributed by atoms with E-state index in [9.17, 15) is 18.0 Å². The van der Waals surface area contributed by atoms with E-state index in [-0.39, 0.29) is 6.54 Å². The maximum absolute atomic E-state index is 11.6. The van der Waals surface area contributed by atoms with Gasteiger partial charge in [-0.15, -0.1) is 0 Å². The Balaban J connectivity index is 3.43. The van der Waals surface area contributed by atoms with Gasteiger partial charge in [0, 0.05) is 6.54 Å². The van der Waals surface area contributed by atoms with Gasteiger partial charge in [0.05, 0.1) is 0 Å². The van der Waals surface area contributed by atoms with Gasteiger partial charge in [0.25, 0.3) is 21.3 Å². The van der Waals surface area contributed by atoms with E-state index < -0.39 is 27.2 Å². The number of hydrogen-bond acceptors (Lipinski definition) is 4. The highest BCUT2D eigenvalue weighted by atomic mass is 32.2. The topological polar surface area (TPSA) is 121 Å². The van der Waals surface area contributed by atoms with E-state index in [0.29, 0.717) is 6.42 Å². The van der Waals surface area contributed by atoms with Crippen LogP contribution in [0.1, 0.15) is 110 Å². The molecule has 3 N–H and O–H groups in total. The Morgan fingerprint density at radius 3 is 1.38 bits per heavy atom. The summed E-state index contributed by atoms with van der Waals surface area (Å²) in [6.45, 7) is 2.45. The van der Waals surface area contributed by atoms with Crippen molar-refractivity contribution in [1.82, 2.24) is 5.32 Å². The third-order valence-corrected chi connectivity index (χ3v) is 6.10. The summed E-state index contributed by atoms with van der Waals surface area (Å²) in [6.07, 6.45) is 19.7. The molecule has 7 nitrogen and oxygen atoms in total. The molecule has 172 valence electrons. The molecule has 0 aromatic carbocycles. The molecule has 0 rings (SSSR count). The van der Waals surface area contributed by atoms with Crippen molar-refractivity contribution in [3.63, 3.8) is 0 Å². The summed E-state index contributed by atoms with van der Waals surface area (Å²) in [5, 5.41) is 8.53. The number of carboxylic acids is 1. The fourth-order valence-corrected chi connectivity index (χ4v) is 3.96. The van der Waals surface area contributed by atoms with E-state index in [1.807, 2.05) is 0 Å². The fraction of sp³-hybridized carbons (Fsp3) is 0.905. The first-order chi connectivity index (χ1) is 13.8. The molecule has 0 saturated carbocycles. The molecule has 0 aromatic rings. The minimum atomic E-state index is -4.95. The molecule has 0 fully saturated rings. The quantitative estimate of drug-likeness (QED) is 0.145. The van der Waals surface area contributed by atoms with Crippen molar-refractivity contribution in [2.24, 2.45) is 0 Å². The van der Waals surface area contributed by atoms with Crippen molar-refractivity contribution in [3.05, 3.63) is 0 Å². The first-order valence-electron chi connectivity index (χ1n) is 11.3. The van der Waals surface area contributed by atoms with Gasteiger partial charge in [0.15, 0.2) is 0 Å². The Bertz CT molecular complexity index is 535. The summed E-state index contributed by atoms with van der Waals surface area (Å²) < 4.78 is 30.6. The number of rotatable bonds is 20. The molecule has 0 saturated heterocycles. The normalized spacial score (nSPS) is 12.6. The molecule has 0 aliphatic carbocycles. The van der Waals surface area contributed by atoms with Crippen LogP contribution in [0, 0.1) is 0 Å². The van der Waals surface area contributed by atoms with Gasteiger partial charge in [0.1, 0.15) is 0 Å².